The van der Waals surface area contributed by atoms with Gasteiger partial charge in [0.15, 0.2) is 0 Å². The smallest absolute Gasteiger partial charge is 0.251 e. The van der Waals surface area contributed by atoms with E-state index in [2.05, 4.69) is 36.5 Å². The Balaban J connectivity index is 1.45. The summed E-state index contributed by atoms with van der Waals surface area (Å²) in [4.78, 5) is 13.7. The highest BCUT2D eigenvalue weighted by atomic mass is 32.2. The van der Waals surface area contributed by atoms with Crippen molar-refractivity contribution >= 4 is 17.7 Å². The molecule has 0 fully saturated rings. The Morgan fingerprint density at radius 1 is 0.933 bits per heavy atom. The Kier molecular flexibility index (Phi) is 7.80. The molecule has 1 amide bonds. The van der Waals surface area contributed by atoms with Crippen LogP contribution in [-0.2, 0) is 5.75 Å². The zero-order valence-corrected chi connectivity index (χ0v) is 18.4. The Morgan fingerprint density at radius 3 is 2.20 bits per heavy atom. The third-order valence-corrected chi connectivity index (χ3v) is 5.66. The van der Waals surface area contributed by atoms with E-state index in [0.717, 1.165) is 17.3 Å². The van der Waals surface area contributed by atoms with Gasteiger partial charge in [-0.1, -0.05) is 29.8 Å². The van der Waals surface area contributed by atoms with E-state index in [9.17, 15) is 4.79 Å². The van der Waals surface area contributed by atoms with Crippen LogP contribution in [0.4, 0.5) is 0 Å². The molecule has 0 aliphatic carbocycles. The monoisotopic (exact) mass is 421 g/mol. The van der Waals surface area contributed by atoms with Crippen LogP contribution in [0.25, 0.3) is 0 Å². The lowest BCUT2D eigenvalue weighted by Crippen LogP contribution is -2.36. The molecule has 0 unspecified atom stereocenters. The first-order valence-corrected chi connectivity index (χ1v) is 10.9. The number of carbonyl (C=O) groups excluding carboxylic acids is 1. The number of hydrogen-bond acceptors (Lipinski definition) is 4. The summed E-state index contributed by atoms with van der Waals surface area (Å²) in [5.41, 5.74) is 3.10. The third-order valence-electron chi connectivity index (χ3n) is 4.58. The molecule has 3 aromatic rings. The van der Waals surface area contributed by atoms with Crippen molar-refractivity contribution < 1.29 is 14.3 Å². The van der Waals surface area contributed by atoms with Crippen molar-refractivity contribution in [3.05, 3.63) is 89.5 Å². The minimum absolute atomic E-state index is 0.0985. The molecule has 4 nitrogen and oxygen atoms in total. The van der Waals surface area contributed by atoms with E-state index in [0.29, 0.717) is 12.2 Å². The second-order valence-corrected chi connectivity index (χ2v) is 8.21. The van der Waals surface area contributed by atoms with Crippen LogP contribution in [0.2, 0.25) is 0 Å². The van der Waals surface area contributed by atoms with Crippen molar-refractivity contribution in [3.63, 3.8) is 0 Å². The summed E-state index contributed by atoms with van der Waals surface area (Å²) in [6.07, 6.45) is 0. The second-order valence-electron chi connectivity index (χ2n) is 7.16. The Bertz CT molecular complexity index is 938. The number of rotatable bonds is 9. The molecular weight excluding hydrogens is 394 g/mol. The molecule has 30 heavy (non-hydrogen) atoms. The van der Waals surface area contributed by atoms with Crippen molar-refractivity contribution in [1.82, 2.24) is 5.32 Å². The van der Waals surface area contributed by atoms with E-state index in [1.165, 1.54) is 16.0 Å². The number of hydrogen-bond donors (Lipinski definition) is 1. The molecule has 0 spiro atoms. The van der Waals surface area contributed by atoms with Crippen LogP contribution in [0.3, 0.4) is 0 Å². The molecule has 0 aliphatic heterocycles. The number of methoxy groups -OCH3 is 1. The summed E-state index contributed by atoms with van der Waals surface area (Å²) in [6, 6.07) is 23.5. The van der Waals surface area contributed by atoms with Crippen LogP contribution >= 0.6 is 11.8 Å². The van der Waals surface area contributed by atoms with E-state index in [-0.39, 0.29) is 11.9 Å². The zero-order chi connectivity index (χ0) is 21.3. The van der Waals surface area contributed by atoms with Gasteiger partial charge in [0.25, 0.3) is 5.91 Å². The van der Waals surface area contributed by atoms with E-state index < -0.39 is 0 Å². The van der Waals surface area contributed by atoms with Gasteiger partial charge in [-0.15, -0.1) is 11.8 Å². The lowest BCUT2D eigenvalue weighted by Gasteiger charge is -2.15. The van der Waals surface area contributed by atoms with Crippen molar-refractivity contribution in [2.24, 2.45) is 0 Å². The third kappa shape index (κ3) is 6.56. The number of nitrogens with one attached hydrogen (secondary N) is 1. The molecule has 1 N–H and O–H groups in total. The van der Waals surface area contributed by atoms with Crippen molar-refractivity contribution in [1.29, 1.82) is 0 Å². The topological polar surface area (TPSA) is 47.6 Å². The largest absolute Gasteiger partial charge is 0.497 e. The molecule has 3 rings (SSSR count). The summed E-state index contributed by atoms with van der Waals surface area (Å²) in [5, 5.41) is 2.98. The Morgan fingerprint density at radius 2 is 1.57 bits per heavy atom. The van der Waals surface area contributed by atoms with Gasteiger partial charge in [0.1, 0.15) is 18.1 Å². The quantitative estimate of drug-likeness (QED) is 0.464. The van der Waals surface area contributed by atoms with Gasteiger partial charge in [0, 0.05) is 16.2 Å². The molecule has 0 saturated carbocycles. The molecule has 0 aliphatic rings. The number of benzene rings is 3. The normalized spacial score (nSPS) is 11.6. The molecule has 3 aromatic carbocycles. The fourth-order valence-electron chi connectivity index (χ4n) is 2.80. The summed E-state index contributed by atoms with van der Waals surface area (Å²) < 4.78 is 10.9. The van der Waals surface area contributed by atoms with Crippen molar-refractivity contribution in [2.45, 2.75) is 30.5 Å². The number of ether oxygens (including phenoxy) is 2. The predicted molar refractivity (Wildman–Crippen MR) is 123 cm³/mol. The lowest BCUT2D eigenvalue weighted by atomic mass is 10.1. The van der Waals surface area contributed by atoms with Gasteiger partial charge < -0.3 is 14.8 Å². The lowest BCUT2D eigenvalue weighted by molar-refractivity contribution is 0.0926. The fourth-order valence-corrected chi connectivity index (χ4v) is 3.65. The molecule has 156 valence electrons. The van der Waals surface area contributed by atoms with Crippen LogP contribution in [0.5, 0.6) is 11.5 Å². The van der Waals surface area contributed by atoms with Crippen LogP contribution in [0.15, 0.2) is 77.7 Å². The van der Waals surface area contributed by atoms with Gasteiger partial charge in [-0.25, -0.2) is 0 Å². The maximum atomic E-state index is 12.5. The first-order valence-electron chi connectivity index (χ1n) is 9.89. The fraction of sp³-hybridized carbons (Fsp3) is 0.240. The average Bonchev–Trinajstić information content (AvgIpc) is 2.78. The van der Waals surface area contributed by atoms with Crippen molar-refractivity contribution in [2.75, 3.05) is 13.7 Å². The number of carbonyl (C=O) groups is 1. The standard InChI is InChI=1S/C25H27NO3S/c1-18-4-14-24(15-5-18)30-17-20-6-8-21(9-7-20)25(27)26-19(2)16-29-23-12-10-22(28-3)11-13-23/h4-15,19H,16-17H2,1-3H3,(H,26,27)/t19-/m0/s1. The molecule has 0 radical (unpaired) electrons. The minimum atomic E-state index is -0.114. The van der Waals surface area contributed by atoms with Gasteiger partial charge in [-0.3, -0.25) is 4.79 Å². The van der Waals surface area contributed by atoms with Gasteiger partial charge in [-0.2, -0.15) is 0 Å². The Labute approximate surface area is 182 Å². The van der Waals surface area contributed by atoms with Gasteiger partial charge >= 0.3 is 0 Å². The second kappa shape index (κ2) is 10.7. The van der Waals surface area contributed by atoms with Crippen LogP contribution < -0.4 is 14.8 Å². The zero-order valence-electron chi connectivity index (χ0n) is 17.6. The van der Waals surface area contributed by atoms with E-state index >= 15 is 0 Å². The van der Waals surface area contributed by atoms with E-state index in [1.807, 2.05) is 55.5 Å². The summed E-state index contributed by atoms with van der Waals surface area (Å²) in [6.45, 7) is 4.40. The van der Waals surface area contributed by atoms with E-state index in [1.54, 1.807) is 18.9 Å². The highest BCUT2D eigenvalue weighted by molar-refractivity contribution is 7.98. The molecular formula is C25H27NO3S. The van der Waals surface area contributed by atoms with Crippen molar-refractivity contribution in [3.8, 4) is 11.5 Å². The minimum Gasteiger partial charge on any atom is -0.497 e. The first kappa shape index (κ1) is 21.8. The number of thioether (sulfide) groups is 1. The molecule has 5 heteroatoms. The molecule has 0 heterocycles. The molecule has 0 bridgehead atoms. The van der Waals surface area contributed by atoms with Gasteiger partial charge in [0.05, 0.1) is 13.2 Å². The highest BCUT2D eigenvalue weighted by Crippen LogP contribution is 2.23. The average molecular weight is 422 g/mol. The first-order chi connectivity index (χ1) is 14.5. The van der Waals surface area contributed by atoms with Gasteiger partial charge in [0.2, 0.25) is 0 Å². The van der Waals surface area contributed by atoms with Crippen LogP contribution in [0.1, 0.15) is 28.4 Å². The number of amides is 1. The maximum absolute atomic E-state index is 12.5. The predicted octanol–water partition coefficient (Wildman–Crippen LogP) is 5.49. The van der Waals surface area contributed by atoms with Crippen LogP contribution in [0, 0.1) is 6.92 Å². The summed E-state index contributed by atoms with van der Waals surface area (Å²) in [7, 11) is 1.63. The molecule has 0 aromatic heterocycles. The summed E-state index contributed by atoms with van der Waals surface area (Å²) in [5.74, 6) is 2.30. The van der Waals surface area contributed by atoms with E-state index in [4.69, 9.17) is 9.47 Å². The highest BCUT2D eigenvalue weighted by Gasteiger charge is 2.11. The van der Waals surface area contributed by atoms with Crippen LogP contribution in [-0.4, -0.2) is 25.7 Å². The maximum Gasteiger partial charge on any atom is 0.251 e. The molecule has 0 saturated heterocycles. The summed E-state index contributed by atoms with van der Waals surface area (Å²) >= 11 is 1.79. The molecule has 1 atom stereocenters. The Hall–Kier alpha value is -2.92. The van der Waals surface area contributed by atoms with Gasteiger partial charge in [-0.05, 0) is 67.9 Å². The SMILES string of the molecule is COc1ccc(OC[C@H](C)NC(=O)c2ccc(CSc3ccc(C)cc3)cc2)cc1. The number of aryl methyl sites for hydroxylation is 1.